The number of methoxy groups -OCH3 is 1. The number of likely N-dealkylation sites (tertiary alicyclic amines) is 1. The molecule has 6 heteroatoms. The minimum Gasteiger partial charge on any atom is -0.489 e. The van der Waals surface area contributed by atoms with E-state index in [9.17, 15) is 4.79 Å². The Kier molecular flexibility index (Phi) is 7.56. The second kappa shape index (κ2) is 9.67. The number of nitrogens with zero attached hydrogens (tertiary/aromatic N) is 1. The van der Waals surface area contributed by atoms with Crippen LogP contribution in [-0.2, 0) is 4.74 Å². The van der Waals surface area contributed by atoms with Crippen LogP contribution in [0, 0.1) is 0 Å². The van der Waals surface area contributed by atoms with Gasteiger partial charge in [0, 0.05) is 38.9 Å². The lowest BCUT2D eigenvalue weighted by atomic mass is 10.1. The molecule has 1 aromatic carbocycles. The molecule has 0 aromatic heterocycles. The second-order valence-corrected chi connectivity index (χ2v) is 6.21. The summed E-state index contributed by atoms with van der Waals surface area (Å²) in [7, 11) is 1.59. The van der Waals surface area contributed by atoms with Crippen LogP contribution in [-0.4, -0.2) is 56.8 Å². The molecule has 1 saturated heterocycles. The number of nitrogens with one attached hydrogen (secondary N) is 1. The predicted octanol–water partition coefficient (Wildman–Crippen LogP) is 2.75. The Balaban J connectivity index is 1.88. The maximum absolute atomic E-state index is 12.0. The topological polar surface area (TPSA) is 50.8 Å². The molecule has 2 rings (SSSR count). The molecule has 0 aliphatic carbocycles. The van der Waals surface area contributed by atoms with E-state index in [1.165, 1.54) is 0 Å². The second-order valence-electron chi connectivity index (χ2n) is 5.80. The summed E-state index contributed by atoms with van der Waals surface area (Å²) in [5, 5.41) is 3.23. The van der Waals surface area contributed by atoms with Gasteiger partial charge in [-0.3, -0.25) is 9.69 Å². The van der Waals surface area contributed by atoms with Crippen molar-refractivity contribution < 1.29 is 14.3 Å². The Morgan fingerprint density at radius 2 is 2.21 bits per heavy atom. The third-order valence-corrected chi connectivity index (χ3v) is 4.30. The molecule has 1 N–H and O–H groups in total. The summed E-state index contributed by atoms with van der Waals surface area (Å²) in [4.78, 5) is 14.3. The van der Waals surface area contributed by atoms with Crippen LogP contribution >= 0.6 is 11.6 Å². The van der Waals surface area contributed by atoms with Crippen molar-refractivity contribution in [2.45, 2.75) is 18.9 Å². The summed E-state index contributed by atoms with van der Waals surface area (Å²) in [5.74, 6) is 0.463. The van der Waals surface area contributed by atoms with E-state index >= 15 is 0 Å². The summed E-state index contributed by atoms with van der Waals surface area (Å²) in [6.45, 7) is 7.62. The number of carbonyl (C=O) groups is 1. The van der Waals surface area contributed by atoms with E-state index < -0.39 is 0 Å². The van der Waals surface area contributed by atoms with Crippen molar-refractivity contribution in [2.75, 3.05) is 39.9 Å². The van der Waals surface area contributed by atoms with Crippen molar-refractivity contribution >= 4 is 17.5 Å². The van der Waals surface area contributed by atoms with E-state index in [1.807, 2.05) is 6.08 Å². The molecule has 5 nitrogen and oxygen atoms in total. The van der Waals surface area contributed by atoms with Gasteiger partial charge in [-0.05, 0) is 31.0 Å². The van der Waals surface area contributed by atoms with Crippen LogP contribution in [0.4, 0.5) is 0 Å². The molecule has 1 aromatic rings. The number of carbonyl (C=O) groups excluding carboxylic acids is 1. The van der Waals surface area contributed by atoms with Gasteiger partial charge in [-0.15, -0.1) is 6.58 Å². The van der Waals surface area contributed by atoms with E-state index in [4.69, 9.17) is 21.1 Å². The van der Waals surface area contributed by atoms with Crippen LogP contribution in [0.15, 0.2) is 30.9 Å². The number of piperidine rings is 1. The average molecular weight is 353 g/mol. The van der Waals surface area contributed by atoms with Gasteiger partial charge in [-0.1, -0.05) is 17.7 Å². The van der Waals surface area contributed by atoms with Gasteiger partial charge < -0.3 is 14.8 Å². The Labute approximate surface area is 148 Å². The smallest absolute Gasteiger partial charge is 0.251 e. The standard InChI is InChI=1S/C18H25ClN2O3/c1-3-9-21-10-6-15(7-11-21)24-17-5-4-14(13-16(17)19)18(22)20-8-12-23-2/h3-5,13,15H,1,6-12H2,2H3,(H,20,22). The predicted molar refractivity (Wildman–Crippen MR) is 95.9 cm³/mol. The molecule has 0 bridgehead atoms. The molecule has 0 unspecified atom stereocenters. The maximum Gasteiger partial charge on any atom is 0.251 e. The molecule has 0 spiro atoms. The zero-order chi connectivity index (χ0) is 17.4. The molecule has 1 aliphatic heterocycles. The fourth-order valence-corrected chi connectivity index (χ4v) is 2.90. The first-order chi connectivity index (χ1) is 11.6. The molecule has 1 aliphatic rings. The molecule has 24 heavy (non-hydrogen) atoms. The third-order valence-electron chi connectivity index (χ3n) is 4.00. The normalized spacial score (nSPS) is 15.9. The van der Waals surface area contributed by atoms with Gasteiger partial charge in [0.05, 0.1) is 11.6 Å². The van der Waals surface area contributed by atoms with Crippen LogP contribution in [0.25, 0.3) is 0 Å². The lowest BCUT2D eigenvalue weighted by Crippen LogP contribution is -2.38. The van der Waals surface area contributed by atoms with E-state index in [1.54, 1.807) is 25.3 Å². The summed E-state index contributed by atoms with van der Waals surface area (Å²) in [6.07, 6.45) is 4.01. The highest BCUT2D eigenvalue weighted by Crippen LogP contribution is 2.28. The quantitative estimate of drug-likeness (QED) is 0.577. The number of amides is 1. The van der Waals surface area contributed by atoms with Crippen molar-refractivity contribution in [3.63, 3.8) is 0 Å². The largest absolute Gasteiger partial charge is 0.489 e. The Morgan fingerprint density at radius 3 is 2.83 bits per heavy atom. The third kappa shape index (κ3) is 5.51. The van der Waals surface area contributed by atoms with Gasteiger partial charge in [-0.2, -0.15) is 0 Å². The molecular formula is C18H25ClN2O3. The van der Waals surface area contributed by atoms with Crippen molar-refractivity contribution in [2.24, 2.45) is 0 Å². The van der Waals surface area contributed by atoms with Crippen LogP contribution in [0.2, 0.25) is 5.02 Å². The van der Waals surface area contributed by atoms with E-state index in [-0.39, 0.29) is 12.0 Å². The highest BCUT2D eigenvalue weighted by Gasteiger charge is 2.20. The van der Waals surface area contributed by atoms with Gasteiger partial charge >= 0.3 is 0 Å². The maximum atomic E-state index is 12.0. The van der Waals surface area contributed by atoms with Crippen molar-refractivity contribution in [3.05, 3.63) is 41.4 Å². The van der Waals surface area contributed by atoms with Crippen LogP contribution < -0.4 is 10.1 Å². The number of hydrogen-bond donors (Lipinski definition) is 1. The summed E-state index contributed by atoms with van der Waals surface area (Å²) in [5.41, 5.74) is 0.518. The van der Waals surface area contributed by atoms with Crippen LogP contribution in [0.1, 0.15) is 23.2 Å². The first kappa shape index (κ1) is 18.8. The van der Waals surface area contributed by atoms with Gasteiger partial charge in [0.15, 0.2) is 0 Å². The number of hydrogen-bond acceptors (Lipinski definition) is 4. The fourth-order valence-electron chi connectivity index (χ4n) is 2.68. The van der Waals surface area contributed by atoms with Crippen LogP contribution in [0.3, 0.4) is 0 Å². The summed E-state index contributed by atoms with van der Waals surface area (Å²) < 4.78 is 10.9. The van der Waals surface area contributed by atoms with Gasteiger partial charge in [0.2, 0.25) is 0 Å². The average Bonchev–Trinajstić information content (AvgIpc) is 2.58. The minimum absolute atomic E-state index is 0.157. The minimum atomic E-state index is -0.168. The van der Waals surface area contributed by atoms with Crippen molar-refractivity contribution in [1.82, 2.24) is 10.2 Å². The molecule has 0 radical (unpaired) electrons. The number of benzene rings is 1. The zero-order valence-corrected chi connectivity index (χ0v) is 14.8. The van der Waals surface area contributed by atoms with Gasteiger partial charge in [-0.25, -0.2) is 0 Å². The molecule has 1 amide bonds. The summed E-state index contributed by atoms with van der Waals surface area (Å²) in [6, 6.07) is 5.14. The lowest BCUT2D eigenvalue weighted by molar-refractivity contribution is 0.0936. The number of halogens is 1. The zero-order valence-electron chi connectivity index (χ0n) is 14.1. The highest BCUT2D eigenvalue weighted by atomic mass is 35.5. The SMILES string of the molecule is C=CCN1CCC(Oc2ccc(C(=O)NCCOC)cc2Cl)CC1. The molecule has 1 fully saturated rings. The first-order valence-electron chi connectivity index (χ1n) is 8.20. The van der Waals surface area contributed by atoms with E-state index in [2.05, 4.69) is 16.8 Å². The van der Waals surface area contributed by atoms with Gasteiger partial charge in [0.1, 0.15) is 11.9 Å². The van der Waals surface area contributed by atoms with Crippen LogP contribution in [0.5, 0.6) is 5.75 Å². The first-order valence-corrected chi connectivity index (χ1v) is 8.58. The Bertz CT molecular complexity index is 557. The molecular weight excluding hydrogens is 328 g/mol. The molecule has 132 valence electrons. The van der Waals surface area contributed by atoms with Gasteiger partial charge in [0.25, 0.3) is 5.91 Å². The molecule has 0 atom stereocenters. The Hall–Kier alpha value is -1.56. The Morgan fingerprint density at radius 1 is 1.46 bits per heavy atom. The highest BCUT2D eigenvalue weighted by molar-refractivity contribution is 6.32. The lowest BCUT2D eigenvalue weighted by Gasteiger charge is -2.31. The molecule has 0 saturated carbocycles. The fraction of sp³-hybridized carbons (Fsp3) is 0.500. The van der Waals surface area contributed by atoms with E-state index in [0.29, 0.717) is 29.5 Å². The van der Waals surface area contributed by atoms with E-state index in [0.717, 1.165) is 32.5 Å². The molecule has 1 heterocycles. The summed E-state index contributed by atoms with van der Waals surface area (Å²) >= 11 is 6.28. The van der Waals surface area contributed by atoms with Crippen molar-refractivity contribution in [3.8, 4) is 5.75 Å². The number of rotatable bonds is 8. The monoisotopic (exact) mass is 352 g/mol. The van der Waals surface area contributed by atoms with Crippen molar-refractivity contribution in [1.29, 1.82) is 0 Å². The number of ether oxygens (including phenoxy) is 2.